The molecule has 1 rings (SSSR count). The SMILES string of the molecule is CCOCCC(=O)NC1(CO)CCCC1. The average molecular weight is 215 g/mol. The van der Waals surface area contributed by atoms with Gasteiger partial charge in [0, 0.05) is 13.0 Å². The molecule has 0 aromatic rings. The first kappa shape index (κ1) is 12.5. The number of hydrogen-bond donors (Lipinski definition) is 2. The van der Waals surface area contributed by atoms with Crippen LogP contribution < -0.4 is 5.32 Å². The predicted octanol–water partition coefficient (Wildman–Crippen LogP) is 0.834. The molecule has 4 nitrogen and oxygen atoms in total. The third-order valence-corrected chi connectivity index (χ3v) is 2.95. The highest BCUT2D eigenvalue weighted by Crippen LogP contribution is 2.29. The zero-order valence-corrected chi connectivity index (χ0v) is 9.42. The molecule has 0 aromatic heterocycles. The van der Waals surface area contributed by atoms with Gasteiger partial charge in [0.2, 0.25) is 5.91 Å². The molecule has 1 saturated carbocycles. The van der Waals surface area contributed by atoms with Gasteiger partial charge in [0.25, 0.3) is 0 Å². The Labute approximate surface area is 91.0 Å². The van der Waals surface area contributed by atoms with Gasteiger partial charge in [0.15, 0.2) is 0 Å². The van der Waals surface area contributed by atoms with E-state index in [9.17, 15) is 9.90 Å². The summed E-state index contributed by atoms with van der Waals surface area (Å²) in [6, 6.07) is 0. The smallest absolute Gasteiger partial charge is 0.222 e. The summed E-state index contributed by atoms with van der Waals surface area (Å²) < 4.78 is 5.11. The normalized spacial score (nSPS) is 19.1. The van der Waals surface area contributed by atoms with Crippen molar-refractivity contribution in [3.8, 4) is 0 Å². The number of amides is 1. The zero-order chi connectivity index (χ0) is 11.1. The van der Waals surface area contributed by atoms with E-state index >= 15 is 0 Å². The first-order valence-electron chi connectivity index (χ1n) is 5.72. The topological polar surface area (TPSA) is 58.6 Å². The third-order valence-electron chi connectivity index (χ3n) is 2.95. The van der Waals surface area contributed by atoms with Crippen molar-refractivity contribution in [2.75, 3.05) is 19.8 Å². The number of ether oxygens (including phenoxy) is 1. The monoisotopic (exact) mass is 215 g/mol. The van der Waals surface area contributed by atoms with E-state index in [4.69, 9.17) is 4.74 Å². The molecule has 1 fully saturated rings. The molecular formula is C11H21NO3. The van der Waals surface area contributed by atoms with Crippen LogP contribution in [-0.4, -0.2) is 36.4 Å². The Hall–Kier alpha value is -0.610. The molecule has 0 spiro atoms. The van der Waals surface area contributed by atoms with E-state index in [-0.39, 0.29) is 18.1 Å². The molecule has 1 aliphatic rings. The minimum atomic E-state index is -0.344. The molecule has 0 radical (unpaired) electrons. The van der Waals surface area contributed by atoms with Crippen LogP contribution in [0.25, 0.3) is 0 Å². The van der Waals surface area contributed by atoms with Gasteiger partial charge >= 0.3 is 0 Å². The summed E-state index contributed by atoms with van der Waals surface area (Å²) in [6.45, 7) is 3.06. The van der Waals surface area contributed by atoms with E-state index in [1.54, 1.807) is 0 Å². The zero-order valence-electron chi connectivity index (χ0n) is 9.42. The van der Waals surface area contributed by atoms with Gasteiger partial charge in [-0.1, -0.05) is 12.8 Å². The Morgan fingerprint density at radius 2 is 2.13 bits per heavy atom. The molecule has 0 aliphatic heterocycles. The third kappa shape index (κ3) is 3.80. The average Bonchev–Trinajstić information content (AvgIpc) is 2.67. The molecule has 4 heteroatoms. The van der Waals surface area contributed by atoms with E-state index < -0.39 is 0 Å². The summed E-state index contributed by atoms with van der Waals surface area (Å²) in [5, 5.41) is 12.2. The molecule has 88 valence electrons. The Morgan fingerprint density at radius 1 is 1.47 bits per heavy atom. The van der Waals surface area contributed by atoms with Gasteiger partial charge < -0.3 is 15.2 Å². The highest BCUT2D eigenvalue weighted by Gasteiger charge is 2.34. The van der Waals surface area contributed by atoms with Gasteiger partial charge in [-0.3, -0.25) is 4.79 Å². The molecule has 0 heterocycles. The second-order valence-electron chi connectivity index (χ2n) is 4.14. The van der Waals surface area contributed by atoms with Gasteiger partial charge in [-0.2, -0.15) is 0 Å². The van der Waals surface area contributed by atoms with Crippen LogP contribution in [0.5, 0.6) is 0 Å². The summed E-state index contributed by atoms with van der Waals surface area (Å²) in [4.78, 5) is 11.5. The number of aliphatic hydroxyl groups is 1. The molecule has 1 amide bonds. The summed E-state index contributed by atoms with van der Waals surface area (Å²) in [7, 11) is 0. The fourth-order valence-electron chi connectivity index (χ4n) is 2.04. The standard InChI is InChI=1S/C11H21NO3/c1-2-15-8-5-10(14)12-11(9-13)6-3-4-7-11/h13H,2-9H2,1H3,(H,12,14). The summed E-state index contributed by atoms with van der Waals surface area (Å²) >= 11 is 0. The Kier molecular flexibility index (Phi) is 5.05. The number of carbonyl (C=O) groups is 1. The molecule has 0 saturated heterocycles. The lowest BCUT2D eigenvalue weighted by Gasteiger charge is -2.27. The number of aliphatic hydroxyl groups excluding tert-OH is 1. The largest absolute Gasteiger partial charge is 0.394 e. The van der Waals surface area contributed by atoms with E-state index in [0.717, 1.165) is 25.7 Å². The fraction of sp³-hybridized carbons (Fsp3) is 0.909. The molecule has 1 aliphatic carbocycles. The molecule has 0 unspecified atom stereocenters. The predicted molar refractivity (Wildman–Crippen MR) is 57.5 cm³/mol. The van der Waals surface area contributed by atoms with Crippen molar-refractivity contribution in [1.29, 1.82) is 0 Å². The fourth-order valence-corrected chi connectivity index (χ4v) is 2.04. The van der Waals surface area contributed by atoms with Crippen molar-refractivity contribution in [2.24, 2.45) is 0 Å². The molecule has 15 heavy (non-hydrogen) atoms. The van der Waals surface area contributed by atoms with Crippen LogP contribution in [0.4, 0.5) is 0 Å². The summed E-state index contributed by atoms with van der Waals surface area (Å²) in [5.74, 6) is -0.0144. The van der Waals surface area contributed by atoms with Crippen molar-refractivity contribution in [3.05, 3.63) is 0 Å². The van der Waals surface area contributed by atoms with Crippen LogP contribution in [0, 0.1) is 0 Å². The number of hydrogen-bond acceptors (Lipinski definition) is 3. The van der Waals surface area contributed by atoms with E-state index in [0.29, 0.717) is 19.6 Å². The van der Waals surface area contributed by atoms with Gasteiger partial charge in [-0.25, -0.2) is 0 Å². The highest BCUT2D eigenvalue weighted by atomic mass is 16.5. The van der Waals surface area contributed by atoms with Crippen LogP contribution in [0.2, 0.25) is 0 Å². The van der Waals surface area contributed by atoms with Crippen molar-refractivity contribution in [3.63, 3.8) is 0 Å². The van der Waals surface area contributed by atoms with Crippen LogP contribution in [0.1, 0.15) is 39.0 Å². The lowest BCUT2D eigenvalue weighted by Crippen LogP contribution is -2.49. The van der Waals surface area contributed by atoms with Gasteiger partial charge in [0.1, 0.15) is 0 Å². The van der Waals surface area contributed by atoms with Crippen LogP contribution in [0.15, 0.2) is 0 Å². The lowest BCUT2D eigenvalue weighted by atomic mass is 9.99. The maximum atomic E-state index is 11.5. The lowest BCUT2D eigenvalue weighted by molar-refractivity contribution is -0.124. The quantitative estimate of drug-likeness (QED) is 0.645. The Morgan fingerprint density at radius 3 is 2.67 bits per heavy atom. The van der Waals surface area contributed by atoms with Crippen LogP contribution in [-0.2, 0) is 9.53 Å². The van der Waals surface area contributed by atoms with Crippen LogP contribution in [0.3, 0.4) is 0 Å². The van der Waals surface area contributed by atoms with Gasteiger partial charge in [-0.05, 0) is 19.8 Å². The first-order valence-corrected chi connectivity index (χ1v) is 5.72. The van der Waals surface area contributed by atoms with E-state index in [2.05, 4.69) is 5.32 Å². The summed E-state index contributed by atoms with van der Waals surface area (Å²) in [6.07, 6.45) is 4.35. The molecular weight excluding hydrogens is 194 g/mol. The van der Waals surface area contributed by atoms with Crippen molar-refractivity contribution in [1.82, 2.24) is 5.32 Å². The van der Waals surface area contributed by atoms with Gasteiger partial charge in [0.05, 0.1) is 18.8 Å². The summed E-state index contributed by atoms with van der Waals surface area (Å²) in [5.41, 5.74) is -0.344. The molecule has 2 N–H and O–H groups in total. The van der Waals surface area contributed by atoms with Gasteiger partial charge in [-0.15, -0.1) is 0 Å². The maximum Gasteiger partial charge on any atom is 0.222 e. The van der Waals surface area contributed by atoms with Crippen molar-refractivity contribution >= 4 is 5.91 Å². The molecule has 0 atom stereocenters. The Balaban J connectivity index is 2.28. The maximum absolute atomic E-state index is 11.5. The minimum Gasteiger partial charge on any atom is -0.394 e. The van der Waals surface area contributed by atoms with Crippen molar-refractivity contribution in [2.45, 2.75) is 44.6 Å². The minimum absolute atomic E-state index is 0.0144. The van der Waals surface area contributed by atoms with E-state index in [1.165, 1.54) is 0 Å². The molecule has 0 bridgehead atoms. The Bertz CT molecular complexity index is 200. The van der Waals surface area contributed by atoms with Crippen LogP contribution >= 0.6 is 0 Å². The molecule has 0 aromatic carbocycles. The first-order chi connectivity index (χ1) is 7.22. The van der Waals surface area contributed by atoms with Crippen molar-refractivity contribution < 1.29 is 14.6 Å². The number of rotatable bonds is 6. The number of carbonyl (C=O) groups excluding carboxylic acids is 1. The van der Waals surface area contributed by atoms with E-state index in [1.807, 2.05) is 6.92 Å². The second kappa shape index (κ2) is 6.08. The second-order valence-corrected chi connectivity index (χ2v) is 4.14. The highest BCUT2D eigenvalue weighted by molar-refractivity contribution is 5.77. The number of nitrogens with one attached hydrogen (secondary N) is 1.